The van der Waals surface area contributed by atoms with E-state index in [4.69, 9.17) is 4.74 Å². The van der Waals surface area contributed by atoms with Crippen LogP contribution in [-0.4, -0.2) is 36.2 Å². The normalized spacial score (nSPS) is 27.0. The van der Waals surface area contributed by atoms with Gasteiger partial charge in [-0.05, 0) is 70.8 Å². The molecule has 2 saturated carbocycles. The average molecular weight is 413 g/mol. The summed E-state index contributed by atoms with van der Waals surface area (Å²) in [4.78, 5) is 11.8. The molecule has 0 radical (unpaired) electrons. The fraction of sp³-hybridized carbons (Fsp3) is 0.654. The number of esters is 1. The topological polar surface area (TPSA) is 50.4 Å². The van der Waals surface area contributed by atoms with Crippen LogP contribution in [0.1, 0.15) is 78.2 Å². The van der Waals surface area contributed by atoms with Crippen molar-refractivity contribution in [1.29, 1.82) is 0 Å². The smallest absolute Gasteiger partial charge is 0.307 e. The summed E-state index contributed by atoms with van der Waals surface area (Å²) >= 11 is 0. The fourth-order valence-corrected chi connectivity index (χ4v) is 4.56. The van der Waals surface area contributed by atoms with Crippen molar-refractivity contribution in [3.8, 4) is 0 Å². The first-order valence-corrected chi connectivity index (χ1v) is 11.8. The molecule has 2 fully saturated rings. The number of ether oxygens (including phenoxy) is 1. The molecule has 1 aromatic rings. The Labute approximate surface area is 182 Å². The quantitative estimate of drug-likeness (QED) is 0.555. The summed E-state index contributed by atoms with van der Waals surface area (Å²) in [6.07, 6.45) is 10.1. The number of hydrogen-bond donors (Lipinski definition) is 2. The van der Waals surface area contributed by atoms with Crippen LogP contribution in [0.15, 0.2) is 35.9 Å². The van der Waals surface area contributed by atoms with Gasteiger partial charge in [0.15, 0.2) is 0 Å². The van der Waals surface area contributed by atoms with E-state index < -0.39 is 5.60 Å². The van der Waals surface area contributed by atoms with Gasteiger partial charge in [-0.25, -0.2) is 0 Å². The molecule has 0 aliphatic heterocycles. The maximum Gasteiger partial charge on any atom is 0.307 e. The van der Waals surface area contributed by atoms with Crippen LogP contribution in [0.2, 0.25) is 0 Å². The van der Waals surface area contributed by atoms with Gasteiger partial charge in [0.1, 0.15) is 5.60 Å². The van der Waals surface area contributed by atoms with Gasteiger partial charge in [-0.2, -0.15) is 0 Å². The molecule has 0 heterocycles. The van der Waals surface area contributed by atoms with E-state index in [1.165, 1.54) is 37.7 Å². The van der Waals surface area contributed by atoms with Gasteiger partial charge >= 0.3 is 5.97 Å². The van der Waals surface area contributed by atoms with E-state index in [2.05, 4.69) is 54.0 Å². The van der Waals surface area contributed by atoms with Crippen LogP contribution in [0.25, 0.3) is 6.08 Å². The van der Waals surface area contributed by atoms with Crippen LogP contribution in [0, 0.1) is 5.92 Å². The summed E-state index contributed by atoms with van der Waals surface area (Å²) in [5.41, 5.74) is 2.50. The largest absolute Gasteiger partial charge is 0.460 e. The molecule has 2 N–H and O–H groups in total. The Morgan fingerprint density at radius 3 is 2.40 bits per heavy atom. The Kier molecular flexibility index (Phi) is 8.13. The van der Waals surface area contributed by atoms with Gasteiger partial charge in [0.2, 0.25) is 0 Å². The Morgan fingerprint density at radius 2 is 1.77 bits per heavy atom. The molecule has 166 valence electrons. The Hall–Kier alpha value is -1.65. The van der Waals surface area contributed by atoms with Crippen molar-refractivity contribution >= 4 is 12.0 Å². The van der Waals surface area contributed by atoms with Gasteiger partial charge in [0.05, 0.1) is 6.42 Å². The molecule has 2 aliphatic rings. The van der Waals surface area contributed by atoms with Gasteiger partial charge in [0, 0.05) is 24.7 Å². The lowest BCUT2D eigenvalue weighted by Crippen LogP contribution is -2.41. The number of carbonyl (C=O) groups excluding carboxylic acids is 1. The molecule has 0 unspecified atom stereocenters. The third-order valence-corrected chi connectivity index (χ3v) is 6.19. The second-order valence-electron chi connectivity index (χ2n) is 9.94. The molecular weight excluding hydrogens is 372 g/mol. The molecule has 0 bridgehead atoms. The van der Waals surface area contributed by atoms with Gasteiger partial charge < -0.3 is 15.4 Å². The minimum Gasteiger partial charge on any atom is -0.460 e. The predicted molar refractivity (Wildman–Crippen MR) is 124 cm³/mol. The van der Waals surface area contributed by atoms with E-state index in [9.17, 15) is 4.79 Å². The molecule has 2 atom stereocenters. The number of benzene rings is 1. The summed E-state index contributed by atoms with van der Waals surface area (Å²) in [7, 11) is 0. The molecule has 0 amide bonds. The molecular formula is C26H40N2O2. The van der Waals surface area contributed by atoms with E-state index in [0.29, 0.717) is 37.0 Å². The van der Waals surface area contributed by atoms with Crippen LogP contribution in [0.5, 0.6) is 0 Å². The highest BCUT2D eigenvalue weighted by Gasteiger charge is 2.40. The summed E-state index contributed by atoms with van der Waals surface area (Å²) in [6.45, 7) is 8.73. The van der Waals surface area contributed by atoms with Crippen LogP contribution >= 0.6 is 0 Å². The van der Waals surface area contributed by atoms with Crippen molar-refractivity contribution < 1.29 is 9.53 Å². The van der Waals surface area contributed by atoms with Crippen molar-refractivity contribution in [2.24, 2.45) is 5.92 Å². The Morgan fingerprint density at radius 1 is 1.10 bits per heavy atom. The molecule has 0 spiro atoms. The summed E-state index contributed by atoms with van der Waals surface area (Å²) < 4.78 is 5.38. The second-order valence-corrected chi connectivity index (χ2v) is 9.94. The molecule has 3 rings (SSSR count). The summed E-state index contributed by atoms with van der Waals surface area (Å²) in [5, 5.41) is 7.47. The van der Waals surface area contributed by atoms with Crippen LogP contribution in [0.3, 0.4) is 0 Å². The first kappa shape index (κ1) is 23.0. The lowest BCUT2D eigenvalue weighted by Gasteiger charge is -2.30. The zero-order chi connectivity index (χ0) is 21.6. The van der Waals surface area contributed by atoms with E-state index >= 15 is 0 Å². The maximum absolute atomic E-state index is 11.8. The maximum atomic E-state index is 11.8. The monoisotopic (exact) mass is 412 g/mol. The van der Waals surface area contributed by atoms with Gasteiger partial charge in [-0.15, -0.1) is 0 Å². The SMILES string of the molecule is CC/C(=C\c1ccccc1)[C@@H]1C[C@H]1NC1CCC(NCCC(=O)OC(C)(C)C)CC1. The van der Waals surface area contributed by atoms with E-state index in [0.717, 1.165) is 6.42 Å². The lowest BCUT2D eigenvalue weighted by molar-refractivity contribution is -0.154. The molecule has 2 aliphatic carbocycles. The second kappa shape index (κ2) is 10.6. The standard InChI is InChI=1S/C26H40N2O2/c1-5-20(17-19-9-7-6-8-10-19)23-18-24(23)28-22-13-11-21(12-14-22)27-16-15-25(29)30-26(2,3)4/h6-10,17,21-24,27-28H,5,11-16,18H2,1-4H3/b20-17+/t21?,22?,23-,24+/m0/s1. The lowest BCUT2D eigenvalue weighted by atomic mass is 9.91. The van der Waals surface area contributed by atoms with Gasteiger partial charge in [0.25, 0.3) is 0 Å². The van der Waals surface area contributed by atoms with Crippen molar-refractivity contribution in [3.05, 3.63) is 41.5 Å². The van der Waals surface area contributed by atoms with Gasteiger partial charge in [-0.3, -0.25) is 4.79 Å². The zero-order valence-electron chi connectivity index (χ0n) is 19.2. The predicted octanol–water partition coefficient (Wildman–Crippen LogP) is 5.09. The van der Waals surface area contributed by atoms with Crippen molar-refractivity contribution in [3.63, 3.8) is 0 Å². The van der Waals surface area contributed by atoms with Crippen molar-refractivity contribution in [2.75, 3.05) is 6.54 Å². The average Bonchev–Trinajstić information content (AvgIpc) is 3.46. The number of rotatable bonds is 9. The highest BCUT2D eigenvalue weighted by Crippen LogP contribution is 2.40. The minimum absolute atomic E-state index is 0.111. The van der Waals surface area contributed by atoms with Gasteiger partial charge in [-0.1, -0.05) is 48.9 Å². The third kappa shape index (κ3) is 7.55. The Balaban J connectivity index is 1.34. The van der Waals surface area contributed by atoms with Crippen molar-refractivity contribution in [1.82, 2.24) is 10.6 Å². The summed E-state index contributed by atoms with van der Waals surface area (Å²) in [6, 6.07) is 12.5. The molecule has 4 heteroatoms. The highest BCUT2D eigenvalue weighted by atomic mass is 16.6. The van der Waals surface area contributed by atoms with Crippen LogP contribution < -0.4 is 10.6 Å². The number of hydrogen-bond acceptors (Lipinski definition) is 4. The highest BCUT2D eigenvalue weighted by molar-refractivity contribution is 5.70. The van der Waals surface area contributed by atoms with Crippen molar-refractivity contribution in [2.45, 2.75) is 96.4 Å². The molecule has 4 nitrogen and oxygen atoms in total. The fourth-order valence-electron chi connectivity index (χ4n) is 4.56. The minimum atomic E-state index is -0.393. The third-order valence-electron chi connectivity index (χ3n) is 6.19. The first-order valence-electron chi connectivity index (χ1n) is 11.8. The zero-order valence-corrected chi connectivity index (χ0v) is 19.2. The molecule has 1 aromatic carbocycles. The van der Waals surface area contributed by atoms with E-state index in [-0.39, 0.29) is 5.97 Å². The van der Waals surface area contributed by atoms with Crippen LogP contribution in [0.4, 0.5) is 0 Å². The van der Waals surface area contributed by atoms with Crippen LogP contribution in [-0.2, 0) is 9.53 Å². The Bertz CT molecular complexity index is 699. The molecule has 0 saturated heterocycles. The first-order chi connectivity index (χ1) is 14.3. The number of carbonyl (C=O) groups is 1. The van der Waals surface area contributed by atoms with E-state index in [1.807, 2.05) is 20.8 Å². The number of nitrogens with one attached hydrogen (secondary N) is 2. The summed E-state index contributed by atoms with van der Waals surface area (Å²) in [5.74, 6) is 0.597. The molecule has 30 heavy (non-hydrogen) atoms. The molecule has 0 aromatic heterocycles. The van der Waals surface area contributed by atoms with E-state index in [1.54, 1.807) is 5.57 Å².